The van der Waals surface area contributed by atoms with Crippen LogP contribution < -0.4 is 9.64 Å². The van der Waals surface area contributed by atoms with Crippen molar-refractivity contribution >= 4 is 49.2 Å². The second kappa shape index (κ2) is 9.56. The fraction of sp³-hybridized carbons (Fsp3) is 0.182. The Balaban J connectivity index is 1.44. The number of carbonyl (C=O) groups is 1. The molecule has 39 heavy (non-hydrogen) atoms. The van der Waals surface area contributed by atoms with Gasteiger partial charge in [-0.25, -0.2) is 4.79 Å². The minimum atomic E-state index is -0.873. The van der Waals surface area contributed by atoms with Gasteiger partial charge >= 0.3 is 5.97 Å². The number of carbonyl (C=O) groups excluding carboxylic acids is 1. The van der Waals surface area contributed by atoms with Crippen LogP contribution in [-0.4, -0.2) is 39.4 Å². The first kappa shape index (κ1) is 23.9. The molecule has 6 heteroatoms. The molecule has 5 nitrogen and oxygen atoms in total. The van der Waals surface area contributed by atoms with Gasteiger partial charge in [-0.2, -0.15) is 0 Å². The largest absolute Gasteiger partial charge is 0.472 e. The summed E-state index contributed by atoms with van der Waals surface area (Å²) in [5.74, 6) is 0.329. The van der Waals surface area contributed by atoms with E-state index >= 15 is 0 Å². The molecule has 0 saturated carbocycles. The number of nitrogens with zero attached hydrogens (tertiary/aromatic N) is 1. The van der Waals surface area contributed by atoms with Crippen molar-refractivity contribution in [2.45, 2.75) is 5.60 Å². The van der Waals surface area contributed by atoms with E-state index in [0.29, 0.717) is 11.3 Å². The summed E-state index contributed by atoms with van der Waals surface area (Å²) >= 11 is 1.66. The van der Waals surface area contributed by atoms with Gasteiger partial charge in [0.2, 0.25) is 0 Å². The molecule has 194 valence electrons. The molecule has 0 amide bonds. The van der Waals surface area contributed by atoms with Crippen LogP contribution in [0.25, 0.3) is 26.2 Å². The number of ether oxygens (including phenoxy) is 3. The number of fused-ring (bicyclic) bond motifs is 5. The Hall–Kier alpha value is -4.13. The average Bonchev–Trinajstić information content (AvgIpc) is 3.40. The van der Waals surface area contributed by atoms with Gasteiger partial charge in [0.15, 0.2) is 5.60 Å². The first-order chi connectivity index (χ1) is 19.2. The SMILES string of the molecule is COC(=O)c1cc2sc3ccccc3c2c2c1C=CC(c1ccccc1)(c1ccc(N3CCOCC3)cc1)O2. The smallest absolute Gasteiger partial charge is 0.338 e. The van der Waals surface area contributed by atoms with E-state index < -0.39 is 5.60 Å². The van der Waals surface area contributed by atoms with E-state index in [1.165, 1.54) is 12.8 Å². The second-order valence-corrected chi connectivity index (χ2v) is 10.9. The number of morpholine rings is 1. The van der Waals surface area contributed by atoms with Crippen LogP contribution in [0.3, 0.4) is 0 Å². The Kier molecular flexibility index (Phi) is 5.87. The maximum atomic E-state index is 12.9. The second-order valence-electron chi connectivity index (χ2n) is 9.81. The molecule has 7 rings (SSSR count). The van der Waals surface area contributed by atoms with Crippen LogP contribution in [-0.2, 0) is 15.1 Å². The van der Waals surface area contributed by atoms with E-state index in [2.05, 4.69) is 59.5 Å². The third-order valence-corrected chi connectivity index (χ3v) is 8.81. The van der Waals surface area contributed by atoms with Gasteiger partial charge in [-0.05, 0) is 36.4 Å². The summed E-state index contributed by atoms with van der Waals surface area (Å²) in [4.78, 5) is 15.3. The molecule has 1 saturated heterocycles. The monoisotopic (exact) mass is 533 g/mol. The van der Waals surface area contributed by atoms with Crippen molar-refractivity contribution < 1.29 is 19.0 Å². The zero-order valence-corrected chi connectivity index (χ0v) is 22.4. The summed E-state index contributed by atoms with van der Waals surface area (Å²) in [5.41, 5.74) is 3.58. The molecular formula is C33H27NO4S. The van der Waals surface area contributed by atoms with Crippen molar-refractivity contribution in [3.63, 3.8) is 0 Å². The van der Waals surface area contributed by atoms with E-state index in [4.69, 9.17) is 14.2 Å². The lowest BCUT2D eigenvalue weighted by atomic mass is 9.82. The third-order valence-electron chi connectivity index (χ3n) is 7.69. The molecule has 1 fully saturated rings. The molecule has 1 aromatic heterocycles. The van der Waals surface area contributed by atoms with E-state index in [9.17, 15) is 4.79 Å². The van der Waals surface area contributed by atoms with Gasteiger partial charge in [-0.1, -0.05) is 60.7 Å². The molecule has 0 radical (unpaired) electrons. The normalized spacial score (nSPS) is 18.6. The lowest BCUT2D eigenvalue weighted by Crippen LogP contribution is -2.37. The van der Waals surface area contributed by atoms with Crippen molar-refractivity contribution in [2.24, 2.45) is 0 Å². The molecule has 1 atom stereocenters. The van der Waals surface area contributed by atoms with E-state index in [1.807, 2.05) is 42.5 Å². The summed E-state index contributed by atoms with van der Waals surface area (Å²) < 4.78 is 20.0. The third kappa shape index (κ3) is 3.90. The van der Waals surface area contributed by atoms with Crippen LogP contribution in [0.2, 0.25) is 0 Å². The summed E-state index contributed by atoms with van der Waals surface area (Å²) in [6, 6.07) is 29.2. The van der Waals surface area contributed by atoms with Gasteiger partial charge in [-0.3, -0.25) is 0 Å². The van der Waals surface area contributed by atoms with Crippen LogP contribution in [0, 0.1) is 0 Å². The first-order valence-electron chi connectivity index (χ1n) is 13.1. The maximum Gasteiger partial charge on any atom is 0.338 e. The number of benzene rings is 4. The molecule has 0 aliphatic carbocycles. The van der Waals surface area contributed by atoms with Crippen molar-refractivity contribution in [3.8, 4) is 5.75 Å². The Morgan fingerprint density at radius 3 is 2.38 bits per heavy atom. The molecule has 0 N–H and O–H groups in total. The van der Waals surface area contributed by atoms with Gasteiger partial charge in [0.1, 0.15) is 5.75 Å². The van der Waals surface area contributed by atoms with Crippen molar-refractivity contribution in [1.29, 1.82) is 0 Å². The highest BCUT2D eigenvalue weighted by atomic mass is 32.1. The highest BCUT2D eigenvalue weighted by Gasteiger charge is 2.39. The van der Waals surface area contributed by atoms with Gasteiger partial charge in [-0.15, -0.1) is 11.3 Å². The predicted octanol–water partition coefficient (Wildman–Crippen LogP) is 7.03. The van der Waals surface area contributed by atoms with E-state index in [-0.39, 0.29) is 5.97 Å². The minimum absolute atomic E-state index is 0.374. The molecule has 2 aliphatic rings. The van der Waals surface area contributed by atoms with Crippen LogP contribution in [0.15, 0.2) is 91.0 Å². The van der Waals surface area contributed by atoms with E-state index in [1.54, 1.807) is 11.3 Å². The van der Waals surface area contributed by atoms with Crippen molar-refractivity contribution in [1.82, 2.24) is 0 Å². The summed E-state index contributed by atoms with van der Waals surface area (Å²) in [6.07, 6.45) is 4.10. The quantitative estimate of drug-likeness (QED) is 0.232. The number of methoxy groups -OCH3 is 1. The Morgan fingerprint density at radius 1 is 0.897 bits per heavy atom. The van der Waals surface area contributed by atoms with Gasteiger partial charge in [0, 0.05) is 55.6 Å². The topological polar surface area (TPSA) is 48.0 Å². The predicted molar refractivity (Wildman–Crippen MR) is 157 cm³/mol. The van der Waals surface area contributed by atoms with Crippen LogP contribution >= 0.6 is 11.3 Å². The number of esters is 1. The summed E-state index contributed by atoms with van der Waals surface area (Å²) in [7, 11) is 1.42. The van der Waals surface area contributed by atoms with Crippen molar-refractivity contribution in [2.75, 3.05) is 38.3 Å². The summed E-state index contributed by atoms with van der Waals surface area (Å²) in [6.45, 7) is 3.25. The van der Waals surface area contributed by atoms with Crippen LogP contribution in [0.5, 0.6) is 5.75 Å². The molecule has 0 spiro atoms. The van der Waals surface area contributed by atoms with E-state index in [0.717, 1.165) is 63.2 Å². The number of rotatable bonds is 4. The maximum absolute atomic E-state index is 12.9. The highest BCUT2D eigenvalue weighted by Crippen LogP contribution is 2.50. The zero-order chi connectivity index (χ0) is 26.4. The van der Waals surface area contributed by atoms with Gasteiger partial charge in [0.25, 0.3) is 0 Å². The Morgan fingerprint density at radius 2 is 1.62 bits per heavy atom. The number of hydrogen-bond donors (Lipinski definition) is 0. The minimum Gasteiger partial charge on any atom is -0.472 e. The first-order valence-corrected chi connectivity index (χ1v) is 13.9. The molecule has 1 unspecified atom stereocenters. The fourth-order valence-electron chi connectivity index (χ4n) is 5.72. The average molecular weight is 534 g/mol. The molecule has 0 bridgehead atoms. The van der Waals surface area contributed by atoms with Crippen LogP contribution in [0.1, 0.15) is 27.0 Å². The summed E-state index contributed by atoms with van der Waals surface area (Å²) in [5, 5.41) is 2.14. The number of thiophene rings is 1. The number of hydrogen-bond acceptors (Lipinski definition) is 6. The number of anilines is 1. The van der Waals surface area contributed by atoms with Crippen molar-refractivity contribution in [3.05, 3.63) is 113 Å². The Labute approximate surface area is 230 Å². The lowest BCUT2D eigenvalue weighted by Gasteiger charge is -2.37. The molecular weight excluding hydrogens is 506 g/mol. The van der Waals surface area contributed by atoms with Crippen LogP contribution in [0.4, 0.5) is 5.69 Å². The van der Waals surface area contributed by atoms with Gasteiger partial charge < -0.3 is 19.1 Å². The highest BCUT2D eigenvalue weighted by molar-refractivity contribution is 7.25. The molecule has 2 aliphatic heterocycles. The Bertz CT molecular complexity index is 1720. The fourth-order valence-corrected chi connectivity index (χ4v) is 6.86. The molecule has 5 aromatic rings. The zero-order valence-electron chi connectivity index (χ0n) is 21.6. The molecule has 3 heterocycles. The molecule has 4 aromatic carbocycles. The van der Waals surface area contributed by atoms with Gasteiger partial charge in [0.05, 0.1) is 25.9 Å². The standard InChI is InChI=1S/C33H27NO4S/c1-36-32(35)27-21-29-30(26-9-5-6-10-28(26)39-29)31-25(27)15-16-33(38-31,22-7-3-2-4-8-22)23-11-13-24(14-12-23)34-17-19-37-20-18-34/h2-16,21H,17-20H2,1H3. The lowest BCUT2D eigenvalue weighted by molar-refractivity contribution is 0.0599.